The number of nitrogens with two attached hydrogens (primary N) is 1. The van der Waals surface area contributed by atoms with Crippen LogP contribution in [0.2, 0.25) is 0 Å². The van der Waals surface area contributed by atoms with Crippen LogP contribution >= 0.6 is 11.3 Å². The molecule has 0 saturated heterocycles. The quantitative estimate of drug-likeness (QED) is 0.856. The molecule has 6 heteroatoms. The molecule has 0 saturated carbocycles. The summed E-state index contributed by atoms with van der Waals surface area (Å²) in [5.41, 5.74) is 5.65. The minimum absolute atomic E-state index is 0.128. The summed E-state index contributed by atoms with van der Waals surface area (Å²) in [5.74, 6) is 4.86. The van der Waals surface area contributed by atoms with E-state index in [9.17, 15) is 9.18 Å². The van der Waals surface area contributed by atoms with E-state index in [1.807, 2.05) is 0 Å². The number of ether oxygens (including phenoxy) is 1. The van der Waals surface area contributed by atoms with Crippen molar-refractivity contribution < 1.29 is 13.9 Å². The third-order valence-electron chi connectivity index (χ3n) is 2.55. The maximum Gasteiger partial charge on any atom is 0.265 e. The van der Waals surface area contributed by atoms with E-state index in [1.54, 1.807) is 18.2 Å². The molecule has 2 aromatic rings. The molecule has 0 aliphatic heterocycles. The lowest BCUT2D eigenvalue weighted by Crippen LogP contribution is -2.10. The van der Waals surface area contributed by atoms with Crippen LogP contribution in [0.15, 0.2) is 30.3 Å². The predicted molar refractivity (Wildman–Crippen MR) is 81.2 cm³/mol. The van der Waals surface area contributed by atoms with E-state index in [2.05, 4.69) is 17.2 Å². The van der Waals surface area contributed by atoms with Crippen molar-refractivity contribution in [3.8, 4) is 17.6 Å². The first kappa shape index (κ1) is 15.0. The molecule has 21 heavy (non-hydrogen) atoms. The molecule has 0 atom stereocenters. The summed E-state index contributed by atoms with van der Waals surface area (Å²) < 4.78 is 18.4. The molecule has 108 valence electrons. The van der Waals surface area contributed by atoms with Crippen molar-refractivity contribution in [2.24, 2.45) is 5.73 Å². The zero-order valence-corrected chi connectivity index (χ0v) is 12.1. The largest absolute Gasteiger partial charge is 0.494 e. The van der Waals surface area contributed by atoms with Crippen molar-refractivity contribution in [2.45, 2.75) is 0 Å². The number of thiophene rings is 1. The van der Waals surface area contributed by atoms with Gasteiger partial charge in [-0.25, -0.2) is 4.39 Å². The highest BCUT2D eigenvalue weighted by molar-refractivity contribution is 7.14. The fourth-order valence-corrected chi connectivity index (χ4v) is 2.38. The molecule has 0 aliphatic rings. The second-order valence-corrected chi connectivity index (χ2v) is 5.06. The molecule has 3 N–H and O–H groups in total. The zero-order chi connectivity index (χ0) is 15.2. The van der Waals surface area contributed by atoms with Crippen molar-refractivity contribution in [2.75, 3.05) is 19.0 Å². The maximum atomic E-state index is 13.5. The van der Waals surface area contributed by atoms with E-state index in [-0.39, 0.29) is 18.2 Å². The van der Waals surface area contributed by atoms with Gasteiger partial charge in [0.15, 0.2) is 11.6 Å². The molecule has 1 amide bonds. The Labute approximate surface area is 125 Å². The third kappa shape index (κ3) is 3.81. The maximum absolute atomic E-state index is 13.5. The van der Waals surface area contributed by atoms with Crippen LogP contribution in [0.5, 0.6) is 5.75 Å². The summed E-state index contributed by atoms with van der Waals surface area (Å²) in [6.07, 6.45) is 0. The predicted octanol–water partition coefficient (Wildman–Crippen LogP) is 2.46. The highest BCUT2D eigenvalue weighted by Crippen LogP contribution is 2.22. The zero-order valence-electron chi connectivity index (χ0n) is 11.3. The van der Waals surface area contributed by atoms with Crippen molar-refractivity contribution in [1.82, 2.24) is 0 Å². The van der Waals surface area contributed by atoms with Gasteiger partial charge in [-0.05, 0) is 24.3 Å². The van der Waals surface area contributed by atoms with Crippen molar-refractivity contribution >= 4 is 22.9 Å². The molecular weight excluding hydrogens is 291 g/mol. The second-order valence-electron chi connectivity index (χ2n) is 3.97. The van der Waals surface area contributed by atoms with Gasteiger partial charge in [0.2, 0.25) is 0 Å². The van der Waals surface area contributed by atoms with Crippen LogP contribution in [0.3, 0.4) is 0 Å². The van der Waals surface area contributed by atoms with Gasteiger partial charge in [0.25, 0.3) is 5.91 Å². The summed E-state index contributed by atoms with van der Waals surface area (Å²) >= 11 is 1.25. The first-order valence-electron chi connectivity index (χ1n) is 6.07. The molecule has 0 unspecified atom stereocenters. The fraction of sp³-hybridized carbons (Fsp3) is 0.133. The molecule has 4 nitrogen and oxygen atoms in total. The van der Waals surface area contributed by atoms with Gasteiger partial charge in [0, 0.05) is 11.8 Å². The lowest BCUT2D eigenvalue weighted by Gasteiger charge is -2.06. The van der Waals surface area contributed by atoms with E-state index in [0.717, 1.165) is 4.88 Å². The van der Waals surface area contributed by atoms with E-state index in [1.165, 1.54) is 30.6 Å². The summed E-state index contributed by atoms with van der Waals surface area (Å²) in [7, 11) is 1.38. The average molecular weight is 304 g/mol. The van der Waals surface area contributed by atoms with Gasteiger partial charge in [-0.2, -0.15) is 0 Å². The van der Waals surface area contributed by atoms with Gasteiger partial charge in [0.1, 0.15) is 0 Å². The molecule has 0 radical (unpaired) electrons. The van der Waals surface area contributed by atoms with E-state index >= 15 is 0 Å². The Morgan fingerprint density at radius 3 is 2.90 bits per heavy atom. The number of nitrogens with one attached hydrogen (secondary N) is 1. The molecular formula is C15H13FN2O2S. The van der Waals surface area contributed by atoms with Gasteiger partial charge >= 0.3 is 0 Å². The van der Waals surface area contributed by atoms with Gasteiger partial charge in [-0.1, -0.05) is 11.8 Å². The SMILES string of the molecule is COc1ccc(NC(=O)c2ccc(C#CCN)s2)cc1F. The Kier molecular flexibility index (Phi) is 4.93. The Bertz CT molecular complexity index is 716. The topological polar surface area (TPSA) is 64.3 Å². The normalized spacial score (nSPS) is 9.67. The minimum Gasteiger partial charge on any atom is -0.494 e. The number of carbonyl (C=O) groups excluding carboxylic acids is 1. The average Bonchev–Trinajstić information content (AvgIpc) is 2.94. The Hall–Kier alpha value is -2.36. The van der Waals surface area contributed by atoms with Crippen LogP contribution < -0.4 is 15.8 Å². The molecule has 1 aromatic carbocycles. The molecule has 1 aromatic heterocycles. The highest BCUT2D eigenvalue weighted by atomic mass is 32.1. The molecule has 0 aliphatic carbocycles. The summed E-state index contributed by atoms with van der Waals surface area (Å²) in [6.45, 7) is 0.268. The number of carbonyl (C=O) groups is 1. The second kappa shape index (κ2) is 6.88. The Morgan fingerprint density at radius 1 is 1.43 bits per heavy atom. The summed E-state index contributed by atoms with van der Waals surface area (Å²) in [6, 6.07) is 7.65. The van der Waals surface area contributed by atoms with Crippen LogP contribution in [0.4, 0.5) is 10.1 Å². The first-order chi connectivity index (χ1) is 10.1. The number of amides is 1. The van der Waals surface area contributed by atoms with E-state index in [0.29, 0.717) is 10.6 Å². The summed E-state index contributed by atoms with van der Waals surface area (Å²) in [4.78, 5) is 13.3. The number of benzene rings is 1. The number of rotatable bonds is 3. The van der Waals surface area contributed by atoms with Crippen molar-refractivity contribution in [1.29, 1.82) is 0 Å². The standard InChI is InChI=1S/C15H13FN2O2S/c1-20-13-6-4-10(9-12(13)16)18-15(19)14-7-5-11(21-14)3-2-8-17/h4-7,9H,8,17H2,1H3,(H,18,19). The fourth-order valence-electron chi connectivity index (χ4n) is 1.60. The van der Waals surface area contributed by atoms with Crippen LogP contribution in [0.1, 0.15) is 14.5 Å². The minimum atomic E-state index is -0.531. The molecule has 0 bridgehead atoms. The van der Waals surface area contributed by atoms with Crippen LogP contribution in [0.25, 0.3) is 0 Å². The Balaban J connectivity index is 2.10. The monoisotopic (exact) mass is 304 g/mol. The van der Waals surface area contributed by atoms with E-state index < -0.39 is 5.82 Å². The number of hydrogen-bond acceptors (Lipinski definition) is 4. The molecule has 2 rings (SSSR count). The van der Waals surface area contributed by atoms with Gasteiger partial charge in [-0.15, -0.1) is 11.3 Å². The first-order valence-corrected chi connectivity index (χ1v) is 6.89. The highest BCUT2D eigenvalue weighted by Gasteiger charge is 2.10. The van der Waals surface area contributed by atoms with Gasteiger partial charge in [0.05, 0.1) is 23.4 Å². The lowest BCUT2D eigenvalue weighted by atomic mass is 10.3. The smallest absolute Gasteiger partial charge is 0.265 e. The lowest BCUT2D eigenvalue weighted by molar-refractivity contribution is 0.103. The van der Waals surface area contributed by atoms with Crippen LogP contribution in [0, 0.1) is 17.7 Å². The number of anilines is 1. The summed E-state index contributed by atoms with van der Waals surface area (Å²) in [5, 5.41) is 2.62. The molecule has 0 spiro atoms. The number of methoxy groups -OCH3 is 1. The van der Waals surface area contributed by atoms with Crippen LogP contribution in [-0.2, 0) is 0 Å². The van der Waals surface area contributed by atoms with Gasteiger partial charge < -0.3 is 15.8 Å². The third-order valence-corrected chi connectivity index (χ3v) is 3.55. The van der Waals surface area contributed by atoms with Crippen LogP contribution in [-0.4, -0.2) is 19.6 Å². The van der Waals surface area contributed by atoms with E-state index in [4.69, 9.17) is 10.5 Å². The number of halogens is 1. The molecule has 1 heterocycles. The van der Waals surface area contributed by atoms with Crippen molar-refractivity contribution in [3.05, 3.63) is 45.9 Å². The number of hydrogen-bond donors (Lipinski definition) is 2. The Morgan fingerprint density at radius 2 is 2.24 bits per heavy atom. The molecule has 0 fully saturated rings. The van der Waals surface area contributed by atoms with Gasteiger partial charge in [-0.3, -0.25) is 4.79 Å². The van der Waals surface area contributed by atoms with Crippen molar-refractivity contribution in [3.63, 3.8) is 0 Å².